The van der Waals surface area contributed by atoms with Crippen LogP contribution in [0, 0.1) is 27.6 Å². The van der Waals surface area contributed by atoms with Gasteiger partial charge in [-0.1, -0.05) is 76.2 Å². The van der Waals surface area contributed by atoms with Crippen LogP contribution in [0.5, 0.6) is 0 Å². The molecule has 0 unspecified atom stereocenters. The maximum Gasteiger partial charge on any atom is 0.274 e. The summed E-state index contributed by atoms with van der Waals surface area (Å²) in [4.78, 5) is 194. The molecule has 40 heteroatoms. The maximum absolute atomic E-state index is 13.1. The average Bonchev–Trinajstić information content (AvgIpc) is 0.786. The van der Waals surface area contributed by atoms with Gasteiger partial charge in [0.1, 0.15) is 41.5 Å². The molecule has 18 N–H and O–H groups in total. The van der Waals surface area contributed by atoms with Gasteiger partial charge in [0.25, 0.3) is 51.4 Å². The van der Waals surface area contributed by atoms with Crippen molar-refractivity contribution in [1.82, 2.24) is 91.7 Å². The molecule has 0 bridgehead atoms. The summed E-state index contributed by atoms with van der Waals surface area (Å²) >= 11 is 0. The summed E-state index contributed by atoms with van der Waals surface area (Å²) in [5.41, 5.74) is 7.21. The number of aromatic amines is 1. The number of hydrogen-bond acceptors (Lipinski definition) is 28. The Bertz CT molecular complexity index is 7190. The van der Waals surface area contributed by atoms with Crippen LogP contribution in [-0.4, -0.2) is 194 Å². The normalized spacial score (nSPS) is 15.5. The van der Waals surface area contributed by atoms with Crippen LogP contribution < -0.4 is 92.3 Å². The van der Waals surface area contributed by atoms with Crippen molar-refractivity contribution in [3.05, 3.63) is 310 Å². The van der Waals surface area contributed by atoms with Crippen LogP contribution in [0.3, 0.4) is 0 Å². The molecule has 7 amide bonds. The Kier molecular flexibility index (Phi) is 33.3. The van der Waals surface area contributed by atoms with E-state index in [1.165, 1.54) is 73.0 Å². The summed E-state index contributed by atoms with van der Waals surface area (Å²) in [6.07, 6.45) is 19.1. The van der Waals surface area contributed by atoms with Crippen molar-refractivity contribution in [1.29, 1.82) is 0 Å². The smallest absolute Gasteiger partial charge is 0.274 e. The molecule has 40 nitrogen and oxygen atoms in total. The Hall–Kier alpha value is -16.0. The number of aliphatic hydroxyl groups is 1. The number of amides is 7. The zero-order valence-corrected chi connectivity index (χ0v) is 80.7. The number of ketones is 2. The van der Waals surface area contributed by atoms with Crippen molar-refractivity contribution >= 4 is 124 Å². The quantitative estimate of drug-likeness (QED) is 0.0181. The summed E-state index contributed by atoms with van der Waals surface area (Å²) in [6, 6.07) is 49.2. The summed E-state index contributed by atoms with van der Waals surface area (Å²) < 4.78 is 5.63. The molecule has 19 rings (SSSR count). The molecule has 5 aliphatic heterocycles. The van der Waals surface area contributed by atoms with E-state index < -0.39 is 46.5 Å². The van der Waals surface area contributed by atoms with E-state index in [1.54, 1.807) is 180 Å². The number of anilines is 3. The molecule has 5 saturated heterocycles. The SMILES string of the molecule is CC1(C(=O)Cc2ccc(-n3ccc4ccc(C(=O)NO)cc4c3=O)nc2)CCNCC1.CC1(C(=O)Nc2cc(-n3ccc4ccc(C(=O)NO)cc4c3=O)ccn2)CCNCC1.CC1(C(=O)Nc2cccc(-n3ccc4ccc(C(=O)NO)cc4c3=O)c2)CCNCC1.CC1(C(=O)Nc2cccc(-n3ccc4ccc(C(=O)NO)cc4c3=O)n2)CCNCC1.O=C(CO)c1ccc2c(=O)[nH]c(CC3CCNCC3)nc2c1. The van der Waals surface area contributed by atoms with E-state index in [4.69, 9.17) is 25.9 Å². The average molecular weight is 1990 g/mol. The highest BCUT2D eigenvalue weighted by Crippen LogP contribution is 2.35. The van der Waals surface area contributed by atoms with Gasteiger partial charge in [-0.3, -0.25) is 106 Å². The minimum atomic E-state index is -0.703. The van der Waals surface area contributed by atoms with Crippen LogP contribution >= 0.6 is 0 Å². The van der Waals surface area contributed by atoms with Gasteiger partial charge in [0, 0.05) is 133 Å². The van der Waals surface area contributed by atoms with Crippen LogP contribution in [0.1, 0.15) is 155 Å². The second kappa shape index (κ2) is 46.6. The zero-order valence-electron chi connectivity index (χ0n) is 80.7. The lowest BCUT2D eigenvalue weighted by Gasteiger charge is -2.32. The second-order valence-electron chi connectivity index (χ2n) is 37.7. The lowest BCUT2D eigenvalue weighted by atomic mass is 9.75. The third-order valence-corrected chi connectivity index (χ3v) is 27.7. The number of piperidine rings is 5. The second-order valence-corrected chi connectivity index (χ2v) is 37.7. The first kappa shape index (κ1) is 104. The maximum atomic E-state index is 13.1. The lowest BCUT2D eigenvalue weighted by molar-refractivity contribution is -0.128. The van der Waals surface area contributed by atoms with E-state index in [9.17, 15) is 67.1 Å². The highest BCUT2D eigenvalue weighted by atomic mass is 16.5. The molecule has 0 radical (unpaired) electrons. The number of hydrogen-bond donors (Lipinski definition) is 18. The molecule has 0 spiro atoms. The number of Topliss-reactive ketones (excluding diaryl/α,β-unsaturated/α-hetero) is 2. The van der Waals surface area contributed by atoms with Gasteiger partial charge in [0.15, 0.2) is 5.78 Å². The summed E-state index contributed by atoms with van der Waals surface area (Å²) in [5.74, 6) is -0.477. The molecule has 14 aromatic rings. The van der Waals surface area contributed by atoms with E-state index >= 15 is 0 Å². The molecule has 0 atom stereocenters. The number of hydroxylamine groups is 4. The molecule has 6 aromatic carbocycles. The van der Waals surface area contributed by atoms with Crippen molar-refractivity contribution < 1.29 is 69.1 Å². The number of nitrogens with zero attached hydrogens (tertiary/aromatic N) is 8. The number of pyridine rings is 7. The van der Waals surface area contributed by atoms with Crippen LogP contribution in [0.4, 0.5) is 17.3 Å². The third-order valence-electron chi connectivity index (χ3n) is 27.7. The van der Waals surface area contributed by atoms with E-state index in [-0.39, 0.29) is 84.8 Å². The van der Waals surface area contributed by atoms with Crippen molar-refractivity contribution in [2.24, 2.45) is 27.6 Å². The molecule has 146 heavy (non-hydrogen) atoms. The highest BCUT2D eigenvalue weighted by molar-refractivity contribution is 6.03. The first-order valence-electron chi connectivity index (χ1n) is 47.9. The summed E-state index contributed by atoms with van der Waals surface area (Å²) in [7, 11) is 0. The van der Waals surface area contributed by atoms with Gasteiger partial charge in [-0.25, -0.2) is 41.9 Å². The summed E-state index contributed by atoms with van der Waals surface area (Å²) in [5, 5.41) is 73.9. The number of carbonyl (C=O) groups is 9. The van der Waals surface area contributed by atoms with Gasteiger partial charge in [-0.05, 0) is 290 Å². The molecule has 0 saturated carbocycles. The molecule has 8 aromatic heterocycles. The lowest BCUT2D eigenvalue weighted by Crippen LogP contribution is -2.43. The Morgan fingerprint density at radius 2 is 0.795 bits per heavy atom. The van der Waals surface area contributed by atoms with Crippen LogP contribution in [0.25, 0.3) is 77.0 Å². The van der Waals surface area contributed by atoms with E-state index in [0.717, 1.165) is 142 Å². The topological polar surface area (TPSA) is 572 Å². The fourth-order valence-corrected chi connectivity index (χ4v) is 18.2. The minimum Gasteiger partial charge on any atom is -0.388 e. The number of aliphatic hydroxyl groups excluding tert-OH is 1. The van der Waals surface area contributed by atoms with Gasteiger partial charge < -0.3 is 52.6 Å². The highest BCUT2D eigenvalue weighted by Gasteiger charge is 2.39. The van der Waals surface area contributed by atoms with Gasteiger partial charge in [-0.2, -0.15) is 0 Å². The van der Waals surface area contributed by atoms with Gasteiger partial charge in [0.2, 0.25) is 17.7 Å². The molecular weight excluding hydrogens is 1870 g/mol. The first-order chi connectivity index (χ1) is 70.3. The molecule has 756 valence electrons. The molecular formula is C106H113N21O19. The van der Waals surface area contributed by atoms with Crippen molar-refractivity contribution in [3.8, 4) is 23.0 Å². The predicted octanol–water partition coefficient (Wildman–Crippen LogP) is 8.75. The van der Waals surface area contributed by atoms with Gasteiger partial charge >= 0.3 is 0 Å². The molecule has 5 fully saturated rings. The number of nitrogens with one attached hydrogen (secondary N) is 13. The third kappa shape index (κ3) is 24.4. The number of rotatable bonds is 21. The Morgan fingerprint density at radius 3 is 1.25 bits per heavy atom. The van der Waals surface area contributed by atoms with E-state index in [2.05, 4.69) is 67.5 Å². The van der Waals surface area contributed by atoms with Crippen LogP contribution in [-0.2, 0) is 32.0 Å². The fourth-order valence-electron chi connectivity index (χ4n) is 18.2. The van der Waals surface area contributed by atoms with Crippen molar-refractivity contribution in [3.63, 3.8) is 0 Å². The van der Waals surface area contributed by atoms with Crippen molar-refractivity contribution in [2.75, 3.05) is 88.0 Å². The Balaban J connectivity index is 0.000000138. The molecule has 5 aliphatic rings. The van der Waals surface area contributed by atoms with Gasteiger partial charge in [-0.15, -0.1) is 0 Å². The zero-order chi connectivity index (χ0) is 104. The van der Waals surface area contributed by atoms with Crippen LogP contribution in [0.2, 0.25) is 0 Å². The fraction of sp³-hybridized carbons (Fsp3) is 0.302. The number of fused-ring (bicyclic) bond motifs is 5. The largest absolute Gasteiger partial charge is 0.388 e. The molecule has 0 aliphatic carbocycles. The van der Waals surface area contributed by atoms with Gasteiger partial charge in [0.05, 0.1) is 22.3 Å². The minimum absolute atomic E-state index is 0.0309. The Labute approximate surface area is 834 Å². The Morgan fingerprint density at radius 1 is 0.384 bits per heavy atom. The monoisotopic (exact) mass is 1980 g/mol. The first-order valence-corrected chi connectivity index (χ1v) is 47.9. The van der Waals surface area contributed by atoms with E-state index in [0.29, 0.717) is 118 Å². The predicted molar refractivity (Wildman–Crippen MR) is 547 cm³/mol. The standard InChI is InChI=1S/2C23H24N4O4.2C22H23N5O4.C16H19N3O3/c1-23(7-9-24-10-8-23)19(28)12-15-2-5-20(25-14-15)27-11-6-16-3-4-17(21(29)26-31)13-18(16)22(27)30;1-23(8-10-24-11-9-23)22(30)25-17-3-2-4-18(14-17)27-12-7-15-5-6-16(20(28)26-31)13-19(15)21(27)29;1-22(6-9-23-10-7-22)21(30)25-18-13-16(4-8-24-18)27-11-5-14-2-3-15(19(28)26-31)12-17(14)20(27)29;1-22(8-10-23-11-9-22)21(30)25-17-3-2-4-18(24-17)27-12-7-14-5-6-15(19(28)26-31)13-16(14)20(27)29;20-9-14(21)11-1-2-12-13(8-11)18-15(19-16(12)22)7-10-3-5-17-6-4-10/h2-6,11,13-14,24,31H,7-10,12H2,1H3,(H,26,29);2-7,12-14,24,31H,8-11H2,1H3,(H,25,30)(H,26,28);2-5,8,11-13,23,31H,6-7,9-10H2,1H3,(H,26,28)(H,24,25,30);2-7,12-13,23,31H,8-11H2,1H3,(H,26,28)(H,24,25,30);1-2,8,10,17,20H,3-7,9H2,(H,18,19,22). The number of benzene rings is 6. The number of aromatic nitrogens is 9. The number of carbonyl (C=O) groups excluding carboxylic acids is 9. The molecule has 13 heterocycles. The van der Waals surface area contributed by atoms with E-state index in [1.807, 2.05) is 33.8 Å². The number of H-pyrrole nitrogens is 1. The summed E-state index contributed by atoms with van der Waals surface area (Å²) in [6.45, 7) is 15.8. The van der Waals surface area contributed by atoms with Crippen LogP contribution in [0.15, 0.2) is 243 Å². The van der Waals surface area contributed by atoms with Crippen molar-refractivity contribution in [2.45, 2.75) is 105 Å².